The fourth-order valence-corrected chi connectivity index (χ4v) is 3.36. The molecule has 0 bridgehead atoms. The molecule has 0 spiro atoms. The number of carbonyl (C=O) groups excluding carboxylic acids is 1. The number of hydrogen-bond acceptors (Lipinski definition) is 5. The van der Waals surface area contributed by atoms with Gasteiger partial charge in [-0.05, 0) is 42.3 Å². The quantitative estimate of drug-likeness (QED) is 0.494. The standard InChI is InChI=1S/C20H25N3O3Si/c1-27(2,3)13-12-26-20(25)11-9-15-8-10-19(24)18(14-15)23-21-16-6-4-5-7-17(16)22-23/h4-8,10,14,24H,9,11-13H2,1-3H3. The first-order valence-corrected chi connectivity index (χ1v) is 12.8. The zero-order valence-electron chi connectivity index (χ0n) is 16.0. The van der Waals surface area contributed by atoms with Crippen LogP contribution < -0.4 is 0 Å². The summed E-state index contributed by atoms with van der Waals surface area (Å²) in [4.78, 5) is 13.4. The van der Waals surface area contributed by atoms with Crippen LogP contribution in [0, 0.1) is 0 Å². The number of benzene rings is 2. The number of aromatic hydroxyl groups is 1. The van der Waals surface area contributed by atoms with Crippen molar-refractivity contribution in [2.24, 2.45) is 0 Å². The predicted octanol–water partition coefficient (Wildman–Crippen LogP) is 3.94. The lowest BCUT2D eigenvalue weighted by molar-refractivity contribution is -0.143. The highest BCUT2D eigenvalue weighted by Gasteiger charge is 2.14. The molecule has 3 aromatic rings. The molecule has 1 N–H and O–H groups in total. The average molecular weight is 384 g/mol. The third kappa shape index (κ3) is 5.16. The van der Waals surface area contributed by atoms with Crippen LogP contribution in [0.4, 0.5) is 0 Å². The Hall–Kier alpha value is -2.67. The van der Waals surface area contributed by atoms with Gasteiger partial charge in [0.05, 0.1) is 6.61 Å². The fraction of sp³-hybridized carbons (Fsp3) is 0.350. The number of phenolic OH excluding ortho intramolecular Hbond substituents is 1. The van der Waals surface area contributed by atoms with Crippen molar-refractivity contribution in [3.05, 3.63) is 48.0 Å². The van der Waals surface area contributed by atoms with Gasteiger partial charge in [-0.2, -0.15) is 0 Å². The maximum absolute atomic E-state index is 12.0. The molecule has 27 heavy (non-hydrogen) atoms. The van der Waals surface area contributed by atoms with Crippen molar-refractivity contribution < 1.29 is 14.6 Å². The van der Waals surface area contributed by atoms with Crippen molar-refractivity contribution in [3.8, 4) is 11.4 Å². The van der Waals surface area contributed by atoms with E-state index in [4.69, 9.17) is 4.74 Å². The van der Waals surface area contributed by atoms with Crippen LogP contribution in [0.3, 0.4) is 0 Å². The first-order valence-electron chi connectivity index (χ1n) is 9.12. The molecule has 0 fully saturated rings. The molecule has 0 radical (unpaired) electrons. The summed E-state index contributed by atoms with van der Waals surface area (Å²) in [6.07, 6.45) is 0.851. The van der Waals surface area contributed by atoms with Crippen molar-refractivity contribution in [2.75, 3.05) is 6.61 Å². The summed E-state index contributed by atoms with van der Waals surface area (Å²) in [6.45, 7) is 7.27. The second-order valence-corrected chi connectivity index (χ2v) is 13.5. The molecule has 0 aliphatic rings. The predicted molar refractivity (Wildman–Crippen MR) is 108 cm³/mol. The molecule has 0 amide bonds. The van der Waals surface area contributed by atoms with Gasteiger partial charge in [0, 0.05) is 14.5 Å². The Bertz CT molecular complexity index is 914. The summed E-state index contributed by atoms with van der Waals surface area (Å²) in [7, 11) is -1.20. The minimum absolute atomic E-state index is 0.0942. The Labute approximate surface area is 159 Å². The first kappa shape index (κ1) is 19.1. The zero-order chi connectivity index (χ0) is 19.4. The SMILES string of the molecule is C[Si](C)(C)CCOC(=O)CCc1ccc(O)c(-n2nc3ccccc3n2)c1. The highest BCUT2D eigenvalue weighted by Crippen LogP contribution is 2.23. The molecule has 0 saturated carbocycles. The van der Waals surface area contributed by atoms with Gasteiger partial charge in [0.15, 0.2) is 0 Å². The molecule has 0 saturated heterocycles. The smallest absolute Gasteiger partial charge is 0.306 e. The second-order valence-electron chi connectivity index (χ2n) is 7.83. The molecule has 0 unspecified atom stereocenters. The third-order valence-electron chi connectivity index (χ3n) is 4.27. The van der Waals surface area contributed by atoms with E-state index < -0.39 is 8.07 Å². The maximum atomic E-state index is 12.0. The fourth-order valence-electron chi connectivity index (χ4n) is 2.64. The molecule has 0 atom stereocenters. The summed E-state index contributed by atoms with van der Waals surface area (Å²) < 4.78 is 5.33. The molecule has 2 aromatic carbocycles. The number of hydrogen-bond donors (Lipinski definition) is 1. The average Bonchev–Trinajstić information content (AvgIpc) is 3.03. The number of fused-ring (bicyclic) bond motifs is 1. The molecule has 1 heterocycles. The lowest BCUT2D eigenvalue weighted by Gasteiger charge is -2.15. The van der Waals surface area contributed by atoms with Gasteiger partial charge in [0.1, 0.15) is 22.5 Å². The minimum atomic E-state index is -1.20. The van der Waals surface area contributed by atoms with Crippen molar-refractivity contribution >= 4 is 25.1 Å². The molecule has 7 heteroatoms. The number of phenols is 1. The van der Waals surface area contributed by atoms with E-state index in [0.29, 0.717) is 25.1 Å². The number of esters is 1. The van der Waals surface area contributed by atoms with Crippen molar-refractivity contribution in [1.29, 1.82) is 0 Å². The second kappa shape index (κ2) is 7.92. The molecule has 6 nitrogen and oxygen atoms in total. The highest BCUT2D eigenvalue weighted by molar-refractivity contribution is 6.76. The van der Waals surface area contributed by atoms with E-state index >= 15 is 0 Å². The maximum Gasteiger partial charge on any atom is 0.306 e. The molecule has 142 valence electrons. The van der Waals surface area contributed by atoms with E-state index in [1.54, 1.807) is 12.1 Å². The van der Waals surface area contributed by atoms with Crippen molar-refractivity contribution in [2.45, 2.75) is 38.5 Å². The van der Waals surface area contributed by atoms with Gasteiger partial charge >= 0.3 is 5.97 Å². The van der Waals surface area contributed by atoms with E-state index in [1.807, 2.05) is 30.3 Å². The van der Waals surface area contributed by atoms with Crippen LogP contribution in [-0.2, 0) is 16.0 Å². The molecule has 3 rings (SSSR count). The van der Waals surface area contributed by atoms with Gasteiger partial charge in [0.25, 0.3) is 0 Å². The lowest BCUT2D eigenvalue weighted by Crippen LogP contribution is -2.22. The molecular weight excluding hydrogens is 358 g/mol. The Balaban J connectivity index is 1.66. The van der Waals surface area contributed by atoms with Crippen molar-refractivity contribution in [3.63, 3.8) is 0 Å². The van der Waals surface area contributed by atoms with E-state index in [-0.39, 0.29) is 11.7 Å². The lowest BCUT2D eigenvalue weighted by atomic mass is 10.1. The zero-order valence-corrected chi connectivity index (χ0v) is 17.0. The topological polar surface area (TPSA) is 77.2 Å². The van der Waals surface area contributed by atoms with E-state index in [2.05, 4.69) is 29.8 Å². The first-order chi connectivity index (χ1) is 12.8. The Morgan fingerprint density at radius 2 is 1.78 bits per heavy atom. The Morgan fingerprint density at radius 1 is 1.11 bits per heavy atom. The third-order valence-corrected chi connectivity index (χ3v) is 5.98. The normalized spacial score (nSPS) is 11.7. The highest BCUT2D eigenvalue weighted by atomic mass is 28.3. The summed E-state index contributed by atoms with van der Waals surface area (Å²) in [6, 6.07) is 13.7. The molecule has 1 aromatic heterocycles. The van der Waals surface area contributed by atoms with Gasteiger partial charge in [-0.25, -0.2) is 0 Å². The van der Waals surface area contributed by atoms with Crippen LogP contribution >= 0.6 is 0 Å². The number of aromatic nitrogens is 3. The summed E-state index contributed by atoms with van der Waals surface area (Å²) >= 11 is 0. The van der Waals surface area contributed by atoms with Gasteiger partial charge in [0.2, 0.25) is 0 Å². The molecular formula is C20H25N3O3Si. The summed E-state index contributed by atoms with van der Waals surface area (Å²) in [5.74, 6) is -0.0948. The van der Waals surface area contributed by atoms with Crippen LogP contribution in [0.15, 0.2) is 42.5 Å². The van der Waals surface area contributed by atoms with Crippen LogP contribution in [0.2, 0.25) is 25.7 Å². The Morgan fingerprint density at radius 3 is 2.41 bits per heavy atom. The van der Waals surface area contributed by atoms with Crippen LogP contribution in [0.1, 0.15) is 12.0 Å². The van der Waals surface area contributed by atoms with Gasteiger partial charge < -0.3 is 9.84 Å². The number of nitrogens with zero attached hydrogens (tertiary/aromatic N) is 3. The van der Waals surface area contributed by atoms with Gasteiger partial charge in [-0.3, -0.25) is 4.79 Å². The van der Waals surface area contributed by atoms with E-state index in [1.165, 1.54) is 4.80 Å². The molecule has 0 aliphatic carbocycles. The largest absolute Gasteiger partial charge is 0.506 e. The number of rotatable bonds is 7. The van der Waals surface area contributed by atoms with Gasteiger partial charge in [-0.15, -0.1) is 15.0 Å². The van der Waals surface area contributed by atoms with Gasteiger partial charge in [-0.1, -0.05) is 37.8 Å². The number of ether oxygens (including phenoxy) is 1. The number of carbonyl (C=O) groups is 1. The van der Waals surface area contributed by atoms with Crippen LogP contribution in [-0.4, -0.2) is 40.8 Å². The molecule has 0 aliphatic heterocycles. The minimum Gasteiger partial charge on any atom is -0.506 e. The van der Waals surface area contributed by atoms with Crippen LogP contribution in [0.5, 0.6) is 5.75 Å². The Kier molecular flexibility index (Phi) is 5.60. The summed E-state index contributed by atoms with van der Waals surface area (Å²) in [5, 5.41) is 19.0. The van der Waals surface area contributed by atoms with Crippen LogP contribution in [0.25, 0.3) is 16.7 Å². The summed E-state index contributed by atoms with van der Waals surface area (Å²) in [5.41, 5.74) is 2.93. The van der Waals surface area contributed by atoms with E-state index in [9.17, 15) is 9.90 Å². The van der Waals surface area contributed by atoms with Crippen molar-refractivity contribution in [1.82, 2.24) is 15.0 Å². The monoisotopic (exact) mass is 383 g/mol. The number of aryl methyl sites for hydroxylation is 1. The van der Waals surface area contributed by atoms with E-state index in [0.717, 1.165) is 22.6 Å².